The Hall–Kier alpha value is -0.790. The summed E-state index contributed by atoms with van der Waals surface area (Å²) in [6.07, 6.45) is 5.22. The lowest BCUT2D eigenvalue weighted by atomic mass is 9.67. The maximum atomic E-state index is 12.3. The molecule has 3 atom stereocenters. The minimum Gasteiger partial charge on any atom is -0.461 e. The van der Waals surface area contributed by atoms with Crippen molar-refractivity contribution >= 4 is 5.97 Å². The van der Waals surface area contributed by atoms with E-state index in [1.807, 2.05) is 0 Å². The Bertz CT molecular complexity index is 319. The van der Waals surface area contributed by atoms with Crippen LogP contribution in [-0.4, -0.2) is 12.6 Å². The molecule has 16 heavy (non-hydrogen) atoms. The van der Waals surface area contributed by atoms with E-state index < -0.39 is 0 Å². The molecule has 2 unspecified atom stereocenters. The van der Waals surface area contributed by atoms with Crippen LogP contribution in [0.1, 0.15) is 40.0 Å². The fourth-order valence-corrected chi connectivity index (χ4v) is 4.08. The largest absolute Gasteiger partial charge is 0.461 e. The molecule has 0 aliphatic heterocycles. The smallest absolute Gasteiger partial charge is 0.313 e. The number of hydrogen-bond donors (Lipinski definition) is 0. The van der Waals surface area contributed by atoms with Crippen molar-refractivity contribution in [1.82, 2.24) is 0 Å². The summed E-state index contributed by atoms with van der Waals surface area (Å²) in [5, 5.41) is 0. The molecule has 2 saturated carbocycles. The van der Waals surface area contributed by atoms with Crippen LogP contribution in [0.3, 0.4) is 0 Å². The summed E-state index contributed by atoms with van der Waals surface area (Å²) < 4.78 is 5.32. The summed E-state index contributed by atoms with van der Waals surface area (Å²) in [5.74, 6) is 1.05. The molecule has 2 aliphatic rings. The second kappa shape index (κ2) is 3.61. The molecule has 90 valence electrons. The number of carbonyl (C=O) groups excluding carboxylic acids is 1. The van der Waals surface area contributed by atoms with Crippen molar-refractivity contribution in [2.24, 2.45) is 22.7 Å². The number of esters is 1. The van der Waals surface area contributed by atoms with Crippen molar-refractivity contribution < 1.29 is 9.53 Å². The molecule has 0 saturated heterocycles. The van der Waals surface area contributed by atoms with E-state index in [2.05, 4.69) is 27.4 Å². The van der Waals surface area contributed by atoms with Crippen molar-refractivity contribution in [2.75, 3.05) is 6.61 Å². The van der Waals surface area contributed by atoms with Gasteiger partial charge in [-0.25, -0.2) is 0 Å². The van der Waals surface area contributed by atoms with E-state index in [1.54, 1.807) is 6.08 Å². The molecular weight excluding hydrogens is 200 g/mol. The van der Waals surface area contributed by atoms with Crippen LogP contribution in [0, 0.1) is 22.7 Å². The number of fused-ring (bicyclic) bond motifs is 1. The molecule has 0 aromatic heterocycles. The SMILES string of the molecule is C=CCOC(=O)C12C(CCCC1(C)C)[C@@H]2C. The van der Waals surface area contributed by atoms with Gasteiger partial charge in [-0.05, 0) is 30.1 Å². The van der Waals surface area contributed by atoms with Gasteiger partial charge in [-0.2, -0.15) is 0 Å². The number of rotatable bonds is 3. The first kappa shape index (κ1) is 11.7. The van der Waals surface area contributed by atoms with E-state index in [1.165, 1.54) is 12.8 Å². The Morgan fingerprint density at radius 3 is 2.81 bits per heavy atom. The van der Waals surface area contributed by atoms with E-state index in [-0.39, 0.29) is 16.8 Å². The monoisotopic (exact) mass is 222 g/mol. The topological polar surface area (TPSA) is 26.3 Å². The van der Waals surface area contributed by atoms with Gasteiger partial charge in [0.1, 0.15) is 6.61 Å². The van der Waals surface area contributed by atoms with Gasteiger partial charge in [-0.1, -0.05) is 39.8 Å². The Balaban J connectivity index is 2.21. The highest BCUT2D eigenvalue weighted by molar-refractivity contribution is 5.83. The lowest BCUT2D eigenvalue weighted by Gasteiger charge is -2.37. The number of hydrogen-bond acceptors (Lipinski definition) is 2. The summed E-state index contributed by atoms with van der Waals surface area (Å²) in [5.41, 5.74) is -0.109. The van der Waals surface area contributed by atoms with Gasteiger partial charge in [0.05, 0.1) is 5.41 Å². The van der Waals surface area contributed by atoms with Gasteiger partial charge >= 0.3 is 5.97 Å². The van der Waals surface area contributed by atoms with Crippen molar-refractivity contribution in [3.8, 4) is 0 Å². The molecule has 2 rings (SSSR count). The normalized spacial score (nSPS) is 39.7. The molecule has 2 nitrogen and oxygen atoms in total. The molecule has 0 aromatic rings. The lowest BCUT2D eigenvalue weighted by molar-refractivity contribution is -0.157. The van der Waals surface area contributed by atoms with Crippen molar-refractivity contribution in [1.29, 1.82) is 0 Å². The van der Waals surface area contributed by atoms with Crippen molar-refractivity contribution in [2.45, 2.75) is 40.0 Å². The van der Waals surface area contributed by atoms with Gasteiger partial charge in [0, 0.05) is 0 Å². The maximum absolute atomic E-state index is 12.3. The predicted octanol–water partition coefficient (Wildman–Crippen LogP) is 3.18. The summed E-state index contributed by atoms with van der Waals surface area (Å²) in [7, 11) is 0. The molecule has 0 heterocycles. The quantitative estimate of drug-likeness (QED) is 0.541. The standard InChI is InChI=1S/C14H22O2/c1-5-9-16-12(15)14-10(2)11(14)7-6-8-13(14,3)4/h5,10-11H,1,6-9H2,2-4H3/t10-,11?,14?/m0/s1. The zero-order valence-corrected chi connectivity index (χ0v) is 10.6. The van der Waals surface area contributed by atoms with E-state index in [0.29, 0.717) is 18.4 Å². The molecule has 0 bridgehead atoms. The zero-order valence-electron chi connectivity index (χ0n) is 10.6. The number of carbonyl (C=O) groups is 1. The molecule has 0 radical (unpaired) electrons. The van der Waals surface area contributed by atoms with E-state index in [0.717, 1.165) is 6.42 Å². The third kappa shape index (κ3) is 1.28. The Kier molecular flexibility index (Phi) is 2.64. The molecular formula is C14H22O2. The predicted molar refractivity (Wildman–Crippen MR) is 63.9 cm³/mol. The second-order valence-corrected chi connectivity index (χ2v) is 5.93. The third-order valence-electron chi connectivity index (χ3n) is 4.90. The Morgan fingerprint density at radius 2 is 2.25 bits per heavy atom. The van der Waals surface area contributed by atoms with Gasteiger partial charge in [-0.3, -0.25) is 4.79 Å². The van der Waals surface area contributed by atoms with E-state index in [9.17, 15) is 4.79 Å². The number of ether oxygens (including phenoxy) is 1. The first-order valence-corrected chi connectivity index (χ1v) is 6.26. The Morgan fingerprint density at radius 1 is 1.56 bits per heavy atom. The van der Waals surface area contributed by atoms with Crippen LogP contribution in [0.25, 0.3) is 0 Å². The second-order valence-electron chi connectivity index (χ2n) is 5.93. The minimum atomic E-state index is -0.200. The van der Waals surface area contributed by atoms with Gasteiger partial charge < -0.3 is 4.74 Å². The van der Waals surface area contributed by atoms with Crippen LogP contribution in [-0.2, 0) is 9.53 Å². The summed E-state index contributed by atoms with van der Waals surface area (Å²) in [4.78, 5) is 12.3. The first-order chi connectivity index (χ1) is 7.48. The zero-order chi connectivity index (χ0) is 12.0. The lowest BCUT2D eigenvalue weighted by Crippen LogP contribution is -2.39. The summed E-state index contributed by atoms with van der Waals surface area (Å²) in [6, 6.07) is 0. The van der Waals surface area contributed by atoms with Gasteiger partial charge in [0.15, 0.2) is 0 Å². The van der Waals surface area contributed by atoms with Crippen LogP contribution >= 0.6 is 0 Å². The highest BCUT2D eigenvalue weighted by atomic mass is 16.5. The molecule has 0 N–H and O–H groups in total. The molecule has 0 aromatic carbocycles. The highest BCUT2D eigenvalue weighted by Gasteiger charge is 2.75. The first-order valence-electron chi connectivity index (χ1n) is 6.26. The van der Waals surface area contributed by atoms with E-state index >= 15 is 0 Å². The summed E-state index contributed by atoms with van der Waals surface area (Å²) in [6.45, 7) is 10.6. The fraction of sp³-hybridized carbons (Fsp3) is 0.786. The fourth-order valence-electron chi connectivity index (χ4n) is 4.08. The van der Waals surface area contributed by atoms with Crippen molar-refractivity contribution in [3.05, 3.63) is 12.7 Å². The minimum absolute atomic E-state index is 0.00889. The van der Waals surface area contributed by atoms with Crippen LogP contribution < -0.4 is 0 Å². The average molecular weight is 222 g/mol. The molecule has 2 fully saturated rings. The summed E-state index contributed by atoms with van der Waals surface area (Å²) >= 11 is 0. The van der Waals surface area contributed by atoms with Crippen LogP contribution in [0.15, 0.2) is 12.7 Å². The maximum Gasteiger partial charge on any atom is 0.313 e. The van der Waals surface area contributed by atoms with Gasteiger partial charge in [0.25, 0.3) is 0 Å². The average Bonchev–Trinajstić information content (AvgIpc) is 2.83. The van der Waals surface area contributed by atoms with Crippen LogP contribution in [0.2, 0.25) is 0 Å². The van der Waals surface area contributed by atoms with Crippen LogP contribution in [0.5, 0.6) is 0 Å². The molecule has 0 spiro atoms. The third-order valence-corrected chi connectivity index (χ3v) is 4.90. The molecule has 2 heteroatoms. The molecule has 0 amide bonds. The van der Waals surface area contributed by atoms with Crippen LogP contribution in [0.4, 0.5) is 0 Å². The van der Waals surface area contributed by atoms with Gasteiger partial charge in [-0.15, -0.1) is 0 Å². The molecule has 2 aliphatic carbocycles. The van der Waals surface area contributed by atoms with E-state index in [4.69, 9.17) is 4.74 Å². The van der Waals surface area contributed by atoms with Gasteiger partial charge in [0.2, 0.25) is 0 Å². The Labute approximate surface area is 98.1 Å². The van der Waals surface area contributed by atoms with Crippen molar-refractivity contribution in [3.63, 3.8) is 0 Å². The highest BCUT2D eigenvalue weighted by Crippen LogP contribution is 2.73.